The van der Waals surface area contributed by atoms with Gasteiger partial charge in [-0.2, -0.15) is 8.42 Å². The Morgan fingerprint density at radius 1 is 1.03 bits per heavy atom. The summed E-state index contributed by atoms with van der Waals surface area (Å²) in [6.07, 6.45) is 2.87. The fourth-order valence-electron chi connectivity index (χ4n) is 3.69. The average molecular weight is 524 g/mol. The number of amides is 1. The van der Waals surface area contributed by atoms with E-state index in [-0.39, 0.29) is 11.6 Å². The fraction of sp³-hybridized carbons (Fsp3) is 0.217. The molecule has 1 heterocycles. The van der Waals surface area contributed by atoms with Gasteiger partial charge in [-0.3, -0.25) is 9.52 Å². The zero-order valence-electron chi connectivity index (χ0n) is 18.8. The first-order valence-electron chi connectivity index (χ1n) is 10.7. The van der Waals surface area contributed by atoms with Gasteiger partial charge in [-0.15, -0.1) is 0 Å². The number of primary amides is 1. The normalized spacial score (nSPS) is 14.4. The minimum Gasteiger partial charge on any atom is -0.372 e. The molecule has 4 rings (SSSR count). The second kappa shape index (κ2) is 9.74. The molecule has 1 aromatic heterocycles. The molecule has 1 unspecified atom stereocenters. The first kappa shape index (κ1) is 25.4. The number of halogens is 4. The maximum Gasteiger partial charge on any atom is 0.300 e. The predicted molar refractivity (Wildman–Crippen MR) is 125 cm³/mol. The number of rotatable bonds is 9. The summed E-state index contributed by atoms with van der Waals surface area (Å²) in [7, 11) is -3.11. The first-order chi connectivity index (χ1) is 17.0. The quantitative estimate of drug-likeness (QED) is 0.318. The predicted octanol–water partition coefficient (Wildman–Crippen LogP) is 3.69. The average Bonchev–Trinajstić information content (AvgIpc) is 3.67. The van der Waals surface area contributed by atoms with Gasteiger partial charge in [-0.05, 0) is 54.7 Å². The van der Waals surface area contributed by atoms with Gasteiger partial charge >= 0.3 is 0 Å². The van der Waals surface area contributed by atoms with Gasteiger partial charge in [0, 0.05) is 29.9 Å². The number of hydrogen-bond acceptors (Lipinski definition) is 5. The van der Waals surface area contributed by atoms with E-state index in [2.05, 4.69) is 10.3 Å². The van der Waals surface area contributed by atoms with Crippen molar-refractivity contribution in [3.8, 4) is 0 Å². The van der Waals surface area contributed by atoms with Crippen molar-refractivity contribution in [3.63, 3.8) is 0 Å². The second-order valence-corrected chi connectivity index (χ2v) is 9.81. The molecule has 5 N–H and O–H groups in total. The van der Waals surface area contributed by atoms with E-state index in [4.69, 9.17) is 5.73 Å². The minimum absolute atomic E-state index is 0.165. The number of carbonyl (C=O) groups is 1. The Labute approximate surface area is 204 Å². The summed E-state index contributed by atoms with van der Waals surface area (Å²) in [6.45, 7) is 0. The highest BCUT2D eigenvalue weighted by Crippen LogP contribution is 2.41. The standard InChI is InChI=1S/C23H21F4N5O3S/c1-29-36(34,35)32-23-20(27)14(6-7-30-23)21(15-8-13(22(28)33)10-17(25)19(15)26)31-18-5-4-12(9-16(18)24)11-2-3-11/h4-11,21,29,31H,2-3H2,1H3,(H2,28,33)(H,30,32). The molecule has 1 amide bonds. The van der Waals surface area contributed by atoms with Crippen LogP contribution in [0.25, 0.3) is 0 Å². The lowest BCUT2D eigenvalue weighted by Gasteiger charge is -2.24. The second-order valence-electron chi connectivity index (χ2n) is 8.19. The third kappa shape index (κ3) is 5.26. The number of nitrogens with zero attached hydrogens (tertiary/aromatic N) is 1. The van der Waals surface area contributed by atoms with Crippen LogP contribution in [0.3, 0.4) is 0 Å². The topological polar surface area (TPSA) is 126 Å². The molecule has 2 aromatic carbocycles. The van der Waals surface area contributed by atoms with Crippen molar-refractivity contribution in [1.82, 2.24) is 9.71 Å². The molecular weight excluding hydrogens is 502 g/mol. The fourth-order valence-corrected chi connectivity index (χ4v) is 4.19. The Kier molecular flexibility index (Phi) is 6.87. The van der Waals surface area contributed by atoms with Gasteiger partial charge in [-0.1, -0.05) is 6.07 Å². The molecule has 0 bridgehead atoms. The van der Waals surface area contributed by atoms with Gasteiger partial charge in [0.25, 0.3) is 10.2 Å². The molecule has 1 saturated carbocycles. The van der Waals surface area contributed by atoms with Crippen LogP contribution in [-0.2, 0) is 10.2 Å². The highest BCUT2D eigenvalue weighted by atomic mass is 32.2. The van der Waals surface area contributed by atoms with Gasteiger partial charge in [0.15, 0.2) is 23.3 Å². The van der Waals surface area contributed by atoms with Gasteiger partial charge < -0.3 is 11.1 Å². The molecule has 1 atom stereocenters. The van der Waals surface area contributed by atoms with Crippen LogP contribution in [0.2, 0.25) is 0 Å². The maximum absolute atomic E-state index is 15.5. The van der Waals surface area contributed by atoms with E-state index in [0.29, 0.717) is 6.07 Å². The van der Waals surface area contributed by atoms with Gasteiger partial charge in [0.1, 0.15) is 5.82 Å². The smallest absolute Gasteiger partial charge is 0.300 e. The Bertz CT molecular complexity index is 1450. The summed E-state index contributed by atoms with van der Waals surface area (Å²) in [6, 6.07) is 5.28. The third-order valence-corrected chi connectivity index (χ3v) is 6.72. The van der Waals surface area contributed by atoms with Crippen LogP contribution >= 0.6 is 0 Å². The lowest BCUT2D eigenvalue weighted by atomic mass is 9.95. The summed E-state index contributed by atoms with van der Waals surface area (Å²) in [5, 5.41) is 2.65. The Morgan fingerprint density at radius 3 is 2.36 bits per heavy atom. The number of carbonyl (C=O) groups excluding carboxylic acids is 1. The van der Waals surface area contributed by atoms with Crippen molar-refractivity contribution in [2.24, 2.45) is 5.73 Å². The number of aromatic nitrogens is 1. The van der Waals surface area contributed by atoms with E-state index in [1.807, 2.05) is 9.44 Å². The molecule has 0 aliphatic heterocycles. The third-order valence-electron chi connectivity index (χ3n) is 5.72. The number of nitrogens with two attached hydrogens (primary N) is 1. The zero-order valence-corrected chi connectivity index (χ0v) is 19.6. The van der Waals surface area contributed by atoms with Crippen LogP contribution in [0.5, 0.6) is 0 Å². The van der Waals surface area contributed by atoms with Gasteiger partial charge in [-0.25, -0.2) is 27.3 Å². The van der Waals surface area contributed by atoms with Crippen molar-refractivity contribution < 1.29 is 30.8 Å². The SMILES string of the molecule is CNS(=O)(=O)Nc1nccc(C(Nc2ccc(C3CC3)cc2F)c2cc(C(N)=O)cc(F)c2F)c1F. The van der Waals surface area contributed by atoms with Crippen molar-refractivity contribution >= 4 is 27.6 Å². The Morgan fingerprint density at radius 2 is 1.75 bits per heavy atom. The zero-order chi connectivity index (χ0) is 26.2. The molecule has 1 fully saturated rings. The molecular formula is C23H21F4N5O3S. The molecule has 36 heavy (non-hydrogen) atoms. The minimum atomic E-state index is -4.19. The lowest BCUT2D eigenvalue weighted by molar-refractivity contribution is 0.0999. The monoisotopic (exact) mass is 523 g/mol. The van der Waals surface area contributed by atoms with Gasteiger partial charge in [0.2, 0.25) is 5.91 Å². The molecule has 0 saturated heterocycles. The van der Waals surface area contributed by atoms with Crippen molar-refractivity contribution in [3.05, 3.63) is 88.1 Å². The van der Waals surface area contributed by atoms with Crippen LogP contribution in [0, 0.1) is 23.3 Å². The van der Waals surface area contributed by atoms with E-state index in [0.717, 1.165) is 43.8 Å². The molecule has 0 spiro atoms. The van der Waals surface area contributed by atoms with Gasteiger partial charge in [0.05, 0.1) is 11.7 Å². The molecule has 8 nitrogen and oxygen atoms in total. The Balaban J connectivity index is 1.87. The summed E-state index contributed by atoms with van der Waals surface area (Å²) < 4.78 is 87.4. The number of hydrogen-bond donors (Lipinski definition) is 4. The number of nitrogens with one attached hydrogen (secondary N) is 3. The van der Waals surface area contributed by atoms with Crippen molar-refractivity contribution in [1.29, 1.82) is 0 Å². The molecule has 1 aliphatic rings. The maximum atomic E-state index is 15.5. The summed E-state index contributed by atoms with van der Waals surface area (Å²) >= 11 is 0. The van der Waals surface area contributed by atoms with Crippen LogP contribution < -0.4 is 20.5 Å². The van der Waals surface area contributed by atoms with E-state index < -0.39 is 67.9 Å². The molecule has 3 aromatic rings. The van der Waals surface area contributed by atoms with E-state index in [1.54, 1.807) is 6.07 Å². The largest absolute Gasteiger partial charge is 0.372 e. The van der Waals surface area contributed by atoms with Crippen LogP contribution in [0.1, 0.15) is 51.8 Å². The van der Waals surface area contributed by atoms with E-state index in [9.17, 15) is 26.4 Å². The summed E-state index contributed by atoms with van der Waals surface area (Å²) in [5.74, 6) is -6.43. The summed E-state index contributed by atoms with van der Waals surface area (Å²) in [4.78, 5) is 15.3. The first-order valence-corrected chi connectivity index (χ1v) is 12.2. The van der Waals surface area contributed by atoms with Crippen LogP contribution in [-0.4, -0.2) is 26.4 Å². The molecule has 0 radical (unpaired) electrons. The van der Waals surface area contributed by atoms with E-state index in [1.165, 1.54) is 12.1 Å². The highest BCUT2D eigenvalue weighted by Gasteiger charge is 2.29. The number of benzene rings is 2. The van der Waals surface area contributed by atoms with Crippen molar-refractivity contribution in [2.45, 2.75) is 24.8 Å². The molecule has 190 valence electrons. The highest BCUT2D eigenvalue weighted by molar-refractivity contribution is 7.90. The summed E-state index contributed by atoms with van der Waals surface area (Å²) in [5.41, 5.74) is 4.44. The number of pyridine rings is 1. The van der Waals surface area contributed by atoms with Crippen LogP contribution in [0.15, 0.2) is 42.6 Å². The van der Waals surface area contributed by atoms with Crippen LogP contribution in [0.4, 0.5) is 29.1 Å². The van der Waals surface area contributed by atoms with Crippen molar-refractivity contribution in [2.75, 3.05) is 17.1 Å². The molecule has 13 heteroatoms. The Hall–Kier alpha value is -3.71. The molecule has 1 aliphatic carbocycles. The lowest BCUT2D eigenvalue weighted by Crippen LogP contribution is -2.28. The number of anilines is 2. The van der Waals surface area contributed by atoms with E-state index >= 15 is 4.39 Å².